The number of nitrogens with zero attached hydrogens (tertiary/aromatic N) is 1. The first kappa shape index (κ1) is 13.5. The lowest BCUT2D eigenvalue weighted by Gasteiger charge is -2.18. The highest BCUT2D eigenvalue weighted by atomic mass is 16.6. The van der Waals surface area contributed by atoms with Crippen LogP contribution in [0.2, 0.25) is 0 Å². The second-order valence-corrected chi connectivity index (χ2v) is 4.08. The van der Waals surface area contributed by atoms with Crippen LogP contribution in [0.15, 0.2) is 23.4 Å². The minimum atomic E-state index is 0.338. The van der Waals surface area contributed by atoms with E-state index in [1.807, 2.05) is 18.2 Å². The zero-order valence-electron chi connectivity index (χ0n) is 10.9. The second kappa shape index (κ2) is 6.84. The van der Waals surface area contributed by atoms with Crippen LogP contribution in [0.3, 0.4) is 0 Å². The van der Waals surface area contributed by atoms with Gasteiger partial charge in [-0.3, -0.25) is 0 Å². The predicted octanol–water partition coefficient (Wildman–Crippen LogP) is 1.28. The van der Waals surface area contributed by atoms with Crippen LogP contribution in [0.4, 0.5) is 0 Å². The number of ether oxygens (including phenoxy) is 3. The average molecular weight is 266 g/mol. The van der Waals surface area contributed by atoms with E-state index in [1.54, 1.807) is 7.11 Å². The first-order chi connectivity index (χ1) is 9.29. The summed E-state index contributed by atoms with van der Waals surface area (Å²) in [6.07, 6.45) is 0.553. The van der Waals surface area contributed by atoms with Crippen molar-refractivity contribution in [1.82, 2.24) is 0 Å². The van der Waals surface area contributed by atoms with E-state index >= 15 is 0 Å². The molecule has 2 rings (SSSR count). The summed E-state index contributed by atoms with van der Waals surface area (Å²) in [7, 11) is 1.61. The topological polar surface area (TPSA) is 75.3 Å². The lowest BCUT2D eigenvalue weighted by Crippen LogP contribution is -2.15. The Kier molecular flexibility index (Phi) is 4.85. The Balaban J connectivity index is 1.86. The maximum atomic E-state index is 5.64. The smallest absolute Gasteiger partial charge is 0.161 e. The molecule has 0 spiro atoms. The molecule has 0 aromatic heterocycles. The molecule has 104 valence electrons. The van der Waals surface area contributed by atoms with Crippen LogP contribution in [0.5, 0.6) is 11.5 Å². The summed E-state index contributed by atoms with van der Waals surface area (Å²) < 4.78 is 15.8. The van der Waals surface area contributed by atoms with Crippen LogP contribution >= 0.6 is 0 Å². The number of fused-ring (bicyclic) bond motifs is 1. The molecule has 1 aliphatic heterocycles. The molecule has 1 aromatic rings. The number of benzene rings is 1. The molecular weight excluding hydrogens is 248 g/mol. The van der Waals surface area contributed by atoms with Crippen molar-refractivity contribution in [3.05, 3.63) is 23.8 Å². The van der Waals surface area contributed by atoms with Crippen molar-refractivity contribution in [3.8, 4) is 11.5 Å². The van der Waals surface area contributed by atoms with Crippen molar-refractivity contribution in [2.75, 3.05) is 26.9 Å². The van der Waals surface area contributed by atoms with Crippen LogP contribution in [0.1, 0.15) is 12.0 Å². The normalized spacial score (nSPS) is 14.3. The standard InChI is InChI=1S/C13H18N2O4/c1-16-5-4-13(14)15-19-9-10-2-3-11-12(8-10)18-7-6-17-11/h2-3,8H,4-7,9H2,1H3,(H2,14,15). The highest BCUT2D eigenvalue weighted by Crippen LogP contribution is 2.30. The second-order valence-electron chi connectivity index (χ2n) is 4.08. The van der Waals surface area contributed by atoms with Crippen molar-refractivity contribution in [2.24, 2.45) is 10.9 Å². The highest BCUT2D eigenvalue weighted by molar-refractivity contribution is 5.79. The summed E-state index contributed by atoms with van der Waals surface area (Å²) in [5, 5.41) is 3.81. The molecule has 0 bridgehead atoms. The van der Waals surface area contributed by atoms with Crippen molar-refractivity contribution < 1.29 is 19.0 Å². The van der Waals surface area contributed by atoms with E-state index < -0.39 is 0 Å². The summed E-state index contributed by atoms with van der Waals surface area (Å²) >= 11 is 0. The van der Waals surface area contributed by atoms with Gasteiger partial charge in [-0.15, -0.1) is 0 Å². The molecular formula is C13H18N2O4. The van der Waals surface area contributed by atoms with Crippen molar-refractivity contribution in [2.45, 2.75) is 13.0 Å². The molecule has 1 aliphatic rings. The van der Waals surface area contributed by atoms with Gasteiger partial charge in [-0.1, -0.05) is 11.2 Å². The van der Waals surface area contributed by atoms with Crippen molar-refractivity contribution in [1.29, 1.82) is 0 Å². The molecule has 0 saturated carbocycles. The van der Waals surface area contributed by atoms with Gasteiger partial charge in [0.25, 0.3) is 0 Å². The van der Waals surface area contributed by atoms with E-state index in [4.69, 9.17) is 24.8 Å². The summed E-state index contributed by atoms with van der Waals surface area (Å²) in [6, 6.07) is 5.66. The van der Waals surface area contributed by atoms with Crippen LogP contribution < -0.4 is 15.2 Å². The SMILES string of the molecule is COCC/C(N)=N/OCc1ccc2c(c1)OCCO2. The number of hydrogen-bond acceptors (Lipinski definition) is 5. The Bertz CT molecular complexity index is 448. The molecule has 0 atom stereocenters. The van der Waals surface area contributed by atoms with Crippen LogP contribution in [0.25, 0.3) is 0 Å². The molecule has 0 amide bonds. The van der Waals surface area contributed by atoms with E-state index in [9.17, 15) is 0 Å². The summed E-state index contributed by atoms with van der Waals surface area (Å²) in [4.78, 5) is 5.18. The largest absolute Gasteiger partial charge is 0.486 e. The summed E-state index contributed by atoms with van der Waals surface area (Å²) in [5.74, 6) is 1.92. The third-order valence-corrected chi connectivity index (χ3v) is 2.58. The molecule has 1 aromatic carbocycles. The molecule has 0 saturated heterocycles. The van der Waals surface area contributed by atoms with Gasteiger partial charge in [0.1, 0.15) is 25.7 Å². The van der Waals surface area contributed by atoms with Gasteiger partial charge < -0.3 is 24.8 Å². The van der Waals surface area contributed by atoms with Gasteiger partial charge in [0.15, 0.2) is 11.5 Å². The lowest BCUT2D eigenvalue weighted by atomic mass is 10.2. The summed E-state index contributed by atoms with van der Waals surface area (Å²) in [5.41, 5.74) is 6.59. The third-order valence-electron chi connectivity index (χ3n) is 2.58. The highest BCUT2D eigenvalue weighted by Gasteiger charge is 2.11. The number of amidine groups is 1. The third kappa shape index (κ3) is 4.03. The molecule has 2 N–H and O–H groups in total. The zero-order chi connectivity index (χ0) is 13.5. The van der Waals surface area contributed by atoms with E-state index in [-0.39, 0.29) is 0 Å². The average Bonchev–Trinajstić information content (AvgIpc) is 2.45. The molecule has 6 heteroatoms. The number of nitrogens with two attached hydrogens (primary N) is 1. The molecule has 0 aliphatic carbocycles. The first-order valence-electron chi connectivity index (χ1n) is 6.11. The van der Waals surface area contributed by atoms with E-state index in [2.05, 4.69) is 5.16 Å². The number of methoxy groups -OCH3 is 1. The monoisotopic (exact) mass is 266 g/mol. The summed E-state index contributed by atoms with van der Waals surface area (Å²) in [6.45, 7) is 2.02. The quantitative estimate of drug-likeness (QED) is 0.477. The minimum absolute atomic E-state index is 0.338. The van der Waals surface area contributed by atoms with Crippen LogP contribution in [-0.2, 0) is 16.2 Å². The van der Waals surface area contributed by atoms with Crippen molar-refractivity contribution in [3.63, 3.8) is 0 Å². The fourth-order valence-electron chi connectivity index (χ4n) is 1.62. The van der Waals surface area contributed by atoms with Crippen molar-refractivity contribution >= 4 is 5.84 Å². The number of rotatable bonds is 6. The Labute approximate surface area is 112 Å². The Morgan fingerprint density at radius 1 is 1.32 bits per heavy atom. The molecule has 0 fully saturated rings. The molecule has 6 nitrogen and oxygen atoms in total. The van der Waals surface area contributed by atoms with Gasteiger partial charge in [-0.25, -0.2) is 0 Å². The van der Waals surface area contributed by atoms with E-state index in [1.165, 1.54) is 0 Å². The molecule has 0 unspecified atom stereocenters. The maximum Gasteiger partial charge on any atom is 0.161 e. The van der Waals surface area contributed by atoms with Gasteiger partial charge in [-0.05, 0) is 17.7 Å². The van der Waals surface area contributed by atoms with Gasteiger partial charge in [-0.2, -0.15) is 0 Å². The number of hydrogen-bond donors (Lipinski definition) is 1. The van der Waals surface area contributed by atoms with Gasteiger partial charge in [0, 0.05) is 13.5 Å². The predicted molar refractivity (Wildman–Crippen MR) is 70.3 cm³/mol. The fourth-order valence-corrected chi connectivity index (χ4v) is 1.62. The van der Waals surface area contributed by atoms with E-state index in [0.717, 1.165) is 17.1 Å². The molecule has 19 heavy (non-hydrogen) atoms. The van der Waals surface area contributed by atoms with Crippen LogP contribution in [0, 0.1) is 0 Å². The van der Waals surface area contributed by atoms with Crippen LogP contribution in [-0.4, -0.2) is 32.8 Å². The fraction of sp³-hybridized carbons (Fsp3) is 0.462. The number of oxime groups is 1. The Morgan fingerprint density at radius 2 is 2.11 bits per heavy atom. The zero-order valence-corrected chi connectivity index (χ0v) is 10.9. The maximum absolute atomic E-state index is 5.64. The minimum Gasteiger partial charge on any atom is -0.486 e. The van der Waals surface area contributed by atoms with E-state index in [0.29, 0.717) is 38.7 Å². The molecule has 1 heterocycles. The van der Waals surface area contributed by atoms with Gasteiger partial charge in [0.05, 0.1) is 6.61 Å². The van der Waals surface area contributed by atoms with Gasteiger partial charge in [0.2, 0.25) is 0 Å². The Hall–Kier alpha value is -1.95. The Morgan fingerprint density at radius 3 is 2.89 bits per heavy atom. The molecule has 0 radical (unpaired) electrons. The van der Waals surface area contributed by atoms with Gasteiger partial charge >= 0.3 is 0 Å². The lowest BCUT2D eigenvalue weighted by molar-refractivity contribution is 0.127. The first-order valence-corrected chi connectivity index (χ1v) is 6.11.